The summed E-state index contributed by atoms with van der Waals surface area (Å²) < 4.78 is 5.59. The molecule has 0 aliphatic heterocycles. The minimum absolute atomic E-state index is 0.0464. The van der Waals surface area contributed by atoms with Gasteiger partial charge in [-0.3, -0.25) is 9.59 Å². The third kappa shape index (κ3) is 7.11. The van der Waals surface area contributed by atoms with Gasteiger partial charge < -0.3 is 15.2 Å². The van der Waals surface area contributed by atoms with Crippen molar-refractivity contribution in [2.45, 2.75) is 39.5 Å². The van der Waals surface area contributed by atoms with Gasteiger partial charge in [0.25, 0.3) is 5.91 Å². The molecule has 1 unspecified atom stereocenters. The first-order valence-corrected chi connectivity index (χ1v) is 7.75. The fourth-order valence-corrected chi connectivity index (χ4v) is 1.98. The molecule has 0 aliphatic carbocycles. The van der Waals surface area contributed by atoms with Gasteiger partial charge in [-0.15, -0.1) is 0 Å². The second-order valence-corrected chi connectivity index (χ2v) is 5.49. The summed E-state index contributed by atoms with van der Waals surface area (Å²) in [6.45, 7) is 4.97. The zero-order chi connectivity index (χ0) is 16.4. The summed E-state index contributed by atoms with van der Waals surface area (Å²) in [5, 5.41) is 11.4. The molecule has 1 atom stereocenters. The molecule has 0 radical (unpaired) electrons. The minimum atomic E-state index is -0.855. The van der Waals surface area contributed by atoms with Crippen LogP contribution in [0.1, 0.15) is 49.9 Å². The maximum atomic E-state index is 11.9. The maximum absolute atomic E-state index is 11.9. The van der Waals surface area contributed by atoms with E-state index in [1.807, 2.05) is 0 Å². The average molecular weight is 307 g/mol. The molecule has 22 heavy (non-hydrogen) atoms. The standard InChI is InChI=1S/C17H25NO4/c1-3-4-5-10-22-15-8-6-14(7-9-15)17(21)18-12-13(2)11-16(19)20/h6-9,13H,3-5,10-12H2,1-2H3,(H,18,21)(H,19,20). The largest absolute Gasteiger partial charge is 0.494 e. The predicted octanol–water partition coefficient (Wildman–Crippen LogP) is 3.10. The molecule has 0 saturated carbocycles. The summed E-state index contributed by atoms with van der Waals surface area (Å²) in [5.74, 6) is -0.393. The second-order valence-electron chi connectivity index (χ2n) is 5.49. The van der Waals surface area contributed by atoms with E-state index in [9.17, 15) is 9.59 Å². The van der Waals surface area contributed by atoms with Gasteiger partial charge in [0, 0.05) is 18.5 Å². The highest BCUT2D eigenvalue weighted by molar-refractivity contribution is 5.94. The van der Waals surface area contributed by atoms with E-state index in [0.29, 0.717) is 18.7 Å². The fourth-order valence-electron chi connectivity index (χ4n) is 1.98. The van der Waals surface area contributed by atoms with Crippen LogP contribution in [0, 0.1) is 5.92 Å². The van der Waals surface area contributed by atoms with Crippen molar-refractivity contribution in [2.24, 2.45) is 5.92 Å². The third-order valence-electron chi connectivity index (χ3n) is 3.27. The minimum Gasteiger partial charge on any atom is -0.494 e. The van der Waals surface area contributed by atoms with Crippen LogP contribution in [0.5, 0.6) is 5.75 Å². The van der Waals surface area contributed by atoms with Crippen LogP contribution in [0.3, 0.4) is 0 Å². The van der Waals surface area contributed by atoms with Crippen LogP contribution < -0.4 is 10.1 Å². The second kappa shape index (κ2) is 9.82. The van der Waals surface area contributed by atoms with Gasteiger partial charge in [0.05, 0.1) is 6.61 Å². The normalized spacial score (nSPS) is 11.7. The number of carboxylic acid groups (broad SMARTS) is 1. The smallest absolute Gasteiger partial charge is 0.303 e. The predicted molar refractivity (Wildman–Crippen MR) is 85.2 cm³/mol. The number of carbonyl (C=O) groups is 2. The average Bonchev–Trinajstić information content (AvgIpc) is 2.49. The molecule has 0 heterocycles. The summed E-state index contributed by atoms with van der Waals surface area (Å²) in [5.41, 5.74) is 0.545. The Morgan fingerprint density at radius 2 is 1.91 bits per heavy atom. The molecule has 122 valence electrons. The number of aliphatic carboxylic acids is 1. The van der Waals surface area contributed by atoms with Crippen LogP contribution in [0.2, 0.25) is 0 Å². The topological polar surface area (TPSA) is 75.6 Å². The number of hydrogen-bond acceptors (Lipinski definition) is 3. The monoisotopic (exact) mass is 307 g/mol. The van der Waals surface area contributed by atoms with Crippen LogP contribution in [0.15, 0.2) is 24.3 Å². The highest BCUT2D eigenvalue weighted by Crippen LogP contribution is 2.13. The fraction of sp³-hybridized carbons (Fsp3) is 0.529. The number of carboxylic acids is 1. The summed E-state index contributed by atoms with van der Waals surface area (Å²) in [6.07, 6.45) is 3.38. The van der Waals surface area contributed by atoms with Crippen molar-refractivity contribution in [1.82, 2.24) is 5.32 Å². The van der Waals surface area contributed by atoms with Crippen molar-refractivity contribution in [1.29, 1.82) is 0 Å². The maximum Gasteiger partial charge on any atom is 0.303 e. The van der Waals surface area contributed by atoms with Gasteiger partial charge in [-0.05, 0) is 36.6 Å². The van der Waals surface area contributed by atoms with E-state index < -0.39 is 5.97 Å². The van der Waals surface area contributed by atoms with Crippen molar-refractivity contribution in [2.75, 3.05) is 13.2 Å². The number of benzene rings is 1. The van der Waals surface area contributed by atoms with E-state index in [2.05, 4.69) is 12.2 Å². The molecule has 0 spiro atoms. The Labute approximate surface area is 131 Å². The van der Waals surface area contributed by atoms with Gasteiger partial charge in [0.2, 0.25) is 0 Å². The summed E-state index contributed by atoms with van der Waals surface area (Å²) >= 11 is 0. The lowest BCUT2D eigenvalue weighted by Crippen LogP contribution is -2.29. The molecule has 5 heteroatoms. The lowest BCUT2D eigenvalue weighted by atomic mass is 10.1. The van der Waals surface area contributed by atoms with Crippen LogP contribution in [0.25, 0.3) is 0 Å². The molecule has 0 fully saturated rings. The molecule has 2 N–H and O–H groups in total. The molecule has 0 aliphatic rings. The first-order valence-electron chi connectivity index (χ1n) is 7.75. The number of carbonyl (C=O) groups excluding carboxylic acids is 1. The number of amides is 1. The van der Waals surface area contributed by atoms with Crippen LogP contribution in [0.4, 0.5) is 0 Å². The number of unbranched alkanes of at least 4 members (excludes halogenated alkanes) is 2. The van der Waals surface area contributed by atoms with Crippen LogP contribution in [-0.2, 0) is 4.79 Å². The Morgan fingerprint density at radius 3 is 2.50 bits per heavy atom. The summed E-state index contributed by atoms with van der Waals surface area (Å²) in [4.78, 5) is 22.5. The molecule has 1 amide bonds. The number of hydrogen-bond donors (Lipinski definition) is 2. The Bertz CT molecular complexity index is 470. The van der Waals surface area contributed by atoms with E-state index in [1.165, 1.54) is 0 Å². The summed E-state index contributed by atoms with van der Waals surface area (Å²) in [6, 6.07) is 6.99. The van der Waals surface area contributed by atoms with Crippen LogP contribution in [-0.4, -0.2) is 30.1 Å². The van der Waals surface area contributed by atoms with E-state index in [-0.39, 0.29) is 18.2 Å². The van der Waals surface area contributed by atoms with Gasteiger partial charge >= 0.3 is 5.97 Å². The van der Waals surface area contributed by atoms with Gasteiger partial charge in [-0.25, -0.2) is 0 Å². The molecule has 5 nitrogen and oxygen atoms in total. The quantitative estimate of drug-likeness (QED) is 0.651. The van der Waals surface area contributed by atoms with Crippen molar-refractivity contribution >= 4 is 11.9 Å². The molecule has 0 saturated heterocycles. The van der Waals surface area contributed by atoms with E-state index in [1.54, 1.807) is 31.2 Å². The SMILES string of the molecule is CCCCCOc1ccc(C(=O)NCC(C)CC(=O)O)cc1. The lowest BCUT2D eigenvalue weighted by Gasteiger charge is -2.11. The highest BCUT2D eigenvalue weighted by atomic mass is 16.5. The molecular formula is C17H25NO4. The molecule has 1 rings (SSSR count). The number of ether oxygens (including phenoxy) is 1. The molecule has 1 aromatic rings. The number of nitrogens with one attached hydrogen (secondary N) is 1. The Balaban J connectivity index is 2.38. The Kier molecular flexibility index (Phi) is 8.04. The molecule has 0 bridgehead atoms. The molecule has 0 aromatic heterocycles. The van der Waals surface area contributed by atoms with Gasteiger partial charge in [0.15, 0.2) is 0 Å². The molecule has 1 aromatic carbocycles. The van der Waals surface area contributed by atoms with E-state index in [4.69, 9.17) is 9.84 Å². The van der Waals surface area contributed by atoms with Crippen molar-refractivity contribution in [3.8, 4) is 5.75 Å². The zero-order valence-corrected chi connectivity index (χ0v) is 13.3. The zero-order valence-electron chi connectivity index (χ0n) is 13.3. The van der Waals surface area contributed by atoms with Crippen molar-refractivity contribution in [3.63, 3.8) is 0 Å². The lowest BCUT2D eigenvalue weighted by molar-refractivity contribution is -0.137. The van der Waals surface area contributed by atoms with E-state index >= 15 is 0 Å². The van der Waals surface area contributed by atoms with Crippen molar-refractivity contribution < 1.29 is 19.4 Å². The number of rotatable bonds is 10. The van der Waals surface area contributed by atoms with Gasteiger partial charge in [0.1, 0.15) is 5.75 Å². The Hall–Kier alpha value is -2.04. The highest BCUT2D eigenvalue weighted by Gasteiger charge is 2.10. The van der Waals surface area contributed by atoms with Gasteiger partial charge in [-0.2, -0.15) is 0 Å². The Morgan fingerprint density at radius 1 is 1.23 bits per heavy atom. The summed E-state index contributed by atoms with van der Waals surface area (Å²) in [7, 11) is 0. The van der Waals surface area contributed by atoms with Gasteiger partial charge in [-0.1, -0.05) is 26.7 Å². The van der Waals surface area contributed by atoms with E-state index in [0.717, 1.165) is 25.0 Å². The molecular weight excluding hydrogens is 282 g/mol. The first-order chi connectivity index (χ1) is 10.5. The van der Waals surface area contributed by atoms with Crippen LogP contribution >= 0.6 is 0 Å². The third-order valence-corrected chi connectivity index (χ3v) is 3.27. The van der Waals surface area contributed by atoms with Crippen molar-refractivity contribution in [3.05, 3.63) is 29.8 Å². The first kappa shape index (κ1) is 18.0.